The summed E-state index contributed by atoms with van der Waals surface area (Å²) < 4.78 is 15.9. The molecule has 1 aromatic carbocycles. The third-order valence-corrected chi connectivity index (χ3v) is 6.12. The normalized spacial score (nSPS) is 11.1. The predicted octanol–water partition coefficient (Wildman–Crippen LogP) is 1.58. The van der Waals surface area contributed by atoms with E-state index in [2.05, 4.69) is 0 Å². The molecule has 0 aliphatic carbocycles. The van der Waals surface area contributed by atoms with Crippen molar-refractivity contribution in [3.8, 4) is 0 Å². The van der Waals surface area contributed by atoms with Crippen LogP contribution in [0.5, 0.6) is 0 Å². The molecule has 124 valence electrons. The van der Waals surface area contributed by atoms with Crippen molar-refractivity contribution in [1.82, 2.24) is 0 Å². The first-order valence-corrected chi connectivity index (χ1v) is 9.16. The second-order valence-electron chi connectivity index (χ2n) is 4.72. The lowest BCUT2D eigenvalue weighted by atomic mass is 10.4. The van der Waals surface area contributed by atoms with Crippen molar-refractivity contribution < 1.29 is 28.0 Å². The smallest absolute Gasteiger partial charge is 0.482 e. The summed E-state index contributed by atoms with van der Waals surface area (Å²) in [5.74, 6) is -1.61. The van der Waals surface area contributed by atoms with Crippen molar-refractivity contribution >= 4 is 31.7 Å². The standard InChI is InChI=1S/C16H20O6Si/c1-4-8-16(19)20-11-12-23(21-13(2)17,22-14(3)18)15-9-6-5-7-10-15/h4-10H,11-12H2,1-3H3. The zero-order valence-corrected chi connectivity index (χ0v) is 14.4. The van der Waals surface area contributed by atoms with Gasteiger partial charge in [-0.25, -0.2) is 4.79 Å². The van der Waals surface area contributed by atoms with Gasteiger partial charge in [0.25, 0.3) is 11.9 Å². The number of ether oxygens (including phenoxy) is 1. The largest absolute Gasteiger partial charge is 0.502 e. The van der Waals surface area contributed by atoms with Crippen molar-refractivity contribution in [2.45, 2.75) is 26.8 Å². The Labute approximate surface area is 136 Å². The highest BCUT2D eigenvalue weighted by Gasteiger charge is 2.46. The molecule has 0 N–H and O–H groups in total. The molecule has 0 fully saturated rings. The van der Waals surface area contributed by atoms with Crippen molar-refractivity contribution in [2.24, 2.45) is 0 Å². The van der Waals surface area contributed by atoms with Gasteiger partial charge in [-0.15, -0.1) is 0 Å². The van der Waals surface area contributed by atoms with Gasteiger partial charge in [0.2, 0.25) is 0 Å². The van der Waals surface area contributed by atoms with E-state index in [1.165, 1.54) is 19.9 Å². The Bertz CT molecular complexity index is 565. The number of benzene rings is 1. The summed E-state index contributed by atoms with van der Waals surface area (Å²) in [5.41, 5.74) is 0. The molecule has 0 radical (unpaired) electrons. The fourth-order valence-electron chi connectivity index (χ4n) is 2.01. The van der Waals surface area contributed by atoms with E-state index >= 15 is 0 Å². The van der Waals surface area contributed by atoms with Crippen LogP contribution in [0.25, 0.3) is 0 Å². The third kappa shape index (κ3) is 6.07. The van der Waals surface area contributed by atoms with Crippen LogP contribution >= 0.6 is 0 Å². The second-order valence-corrected chi connectivity index (χ2v) is 7.72. The maximum Gasteiger partial charge on any atom is 0.502 e. The molecule has 0 saturated carbocycles. The Hall–Kier alpha value is -2.41. The van der Waals surface area contributed by atoms with E-state index in [9.17, 15) is 14.4 Å². The van der Waals surface area contributed by atoms with Gasteiger partial charge >= 0.3 is 14.5 Å². The minimum atomic E-state index is -3.39. The van der Waals surface area contributed by atoms with E-state index < -0.39 is 26.5 Å². The van der Waals surface area contributed by atoms with E-state index in [-0.39, 0.29) is 12.7 Å². The molecular weight excluding hydrogens is 316 g/mol. The minimum absolute atomic E-state index is 0.0230. The molecule has 6 nitrogen and oxygen atoms in total. The van der Waals surface area contributed by atoms with Gasteiger partial charge < -0.3 is 13.6 Å². The molecule has 0 heterocycles. The molecule has 0 amide bonds. The fourth-order valence-corrected chi connectivity index (χ4v) is 4.78. The first-order valence-electron chi connectivity index (χ1n) is 7.14. The summed E-state index contributed by atoms with van der Waals surface area (Å²) in [6.07, 6.45) is 2.84. The molecule has 0 atom stereocenters. The molecule has 0 aliphatic rings. The number of esters is 1. The van der Waals surface area contributed by atoms with Crippen molar-refractivity contribution in [1.29, 1.82) is 0 Å². The Morgan fingerprint density at radius 2 is 1.61 bits per heavy atom. The summed E-state index contributed by atoms with van der Waals surface area (Å²) in [7, 11) is -3.39. The number of rotatable bonds is 7. The maximum atomic E-state index is 11.5. The van der Waals surface area contributed by atoms with Crippen molar-refractivity contribution in [3.63, 3.8) is 0 Å². The molecule has 0 unspecified atom stereocenters. The molecule has 0 spiro atoms. The van der Waals surface area contributed by atoms with E-state index in [0.29, 0.717) is 5.19 Å². The molecule has 1 aromatic rings. The number of hydrogen-bond donors (Lipinski definition) is 0. The van der Waals surface area contributed by atoms with Crippen LogP contribution in [-0.4, -0.2) is 33.1 Å². The van der Waals surface area contributed by atoms with Crippen LogP contribution < -0.4 is 5.19 Å². The van der Waals surface area contributed by atoms with Gasteiger partial charge in [0.15, 0.2) is 0 Å². The van der Waals surface area contributed by atoms with Gasteiger partial charge in [-0.1, -0.05) is 36.4 Å². The summed E-state index contributed by atoms with van der Waals surface area (Å²) in [6.45, 7) is 4.17. The molecule has 0 aromatic heterocycles. The molecule has 0 bridgehead atoms. The van der Waals surface area contributed by atoms with Crippen LogP contribution in [0.4, 0.5) is 0 Å². The summed E-state index contributed by atoms with van der Waals surface area (Å²) >= 11 is 0. The Morgan fingerprint density at radius 3 is 2.09 bits per heavy atom. The quantitative estimate of drug-likeness (QED) is 0.427. The summed E-state index contributed by atoms with van der Waals surface area (Å²) in [6, 6.07) is 8.90. The van der Waals surface area contributed by atoms with Crippen LogP contribution in [0, 0.1) is 0 Å². The van der Waals surface area contributed by atoms with Gasteiger partial charge in [0.05, 0.1) is 12.7 Å². The first-order chi connectivity index (χ1) is 10.9. The third-order valence-electron chi connectivity index (χ3n) is 2.81. The number of carbonyl (C=O) groups is 3. The van der Waals surface area contributed by atoms with E-state index in [4.69, 9.17) is 13.6 Å². The SMILES string of the molecule is CC=CC(=O)OCC[Si](OC(C)=O)(OC(C)=O)c1ccccc1. The van der Waals surface area contributed by atoms with Crippen LogP contribution in [-0.2, 0) is 28.0 Å². The Kier molecular flexibility index (Phi) is 7.20. The highest BCUT2D eigenvalue weighted by molar-refractivity contribution is 6.83. The van der Waals surface area contributed by atoms with Gasteiger partial charge in [0.1, 0.15) is 0 Å². The maximum absolute atomic E-state index is 11.5. The lowest BCUT2D eigenvalue weighted by molar-refractivity contribution is -0.138. The van der Waals surface area contributed by atoms with Crippen LogP contribution in [0.2, 0.25) is 6.04 Å². The number of allylic oxidation sites excluding steroid dienone is 1. The average Bonchev–Trinajstić information content (AvgIpc) is 2.47. The van der Waals surface area contributed by atoms with Crippen LogP contribution in [0.1, 0.15) is 20.8 Å². The van der Waals surface area contributed by atoms with Crippen molar-refractivity contribution in [2.75, 3.05) is 6.61 Å². The van der Waals surface area contributed by atoms with E-state index in [0.717, 1.165) is 0 Å². The molecule has 1 rings (SSSR count). The lowest BCUT2D eigenvalue weighted by Crippen LogP contribution is -2.56. The van der Waals surface area contributed by atoms with Gasteiger partial charge in [-0.05, 0) is 6.92 Å². The summed E-state index contributed by atoms with van der Waals surface area (Å²) in [4.78, 5) is 34.4. The Balaban J connectivity index is 3.04. The van der Waals surface area contributed by atoms with Crippen molar-refractivity contribution in [3.05, 3.63) is 42.5 Å². The fraction of sp³-hybridized carbons (Fsp3) is 0.312. The van der Waals surface area contributed by atoms with Gasteiger partial charge in [-0.2, -0.15) is 0 Å². The molecule has 23 heavy (non-hydrogen) atoms. The van der Waals surface area contributed by atoms with E-state index in [1.807, 2.05) is 0 Å². The zero-order valence-electron chi connectivity index (χ0n) is 13.4. The van der Waals surface area contributed by atoms with Crippen LogP contribution in [0.3, 0.4) is 0 Å². The van der Waals surface area contributed by atoms with Crippen LogP contribution in [0.15, 0.2) is 42.5 Å². The molecule has 0 aliphatic heterocycles. The van der Waals surface area contributed by atoms with Gasteiger partial charge in [-0.3, -0.25) is 9.59 Å². The number of carbonyl (C=O) groups excluding carboxylic acids is 3. The number of hydrogen-bond acceptors (Lipinski definition) is 6. The monoisotopic (exact) mass is 336 g/mol. The minimum Gasteiger partial charge on any atom is -0.482 e. The summed E-state index contributed by atoms with van der Waals surface area (Å²) in [5, 5.41) is 0.618. The lowest BCUT2D eigenvalue weighted by Gasteiger charge is -2.28. The van der Waals surface area contributed by atoms with Gasteiger partial charge in [0, 0.05) is 25.1 Å². The molecular formula is C16H20O6Si. The van der Waals surface area contributed by atoms with E-state index in [1.54, 1.807) is 43.3 Å². The topological polar surface area (TPSA) is 78.9 Å². The first kappa shape index (κ1) is 18.6. The Morgan fingerprint density at radius 1 is 1.04 bits per heavy atom. The highest BCUT2D eigenvalue weighted by Crippen LogP contribution is 2.16. The predicted molar refractivity (Wildman–Crippen MR) is 85.9 cm³/mol. The highest BCUT2D eigenvalue weighted by atomic mass is 28.4. The second kappa shape index (κ2) is 8.89. The zero-order chi connectivity index (χ0) is 17.3. The molecule has 7 heteroatoms. The average molecular weight is 336 g/mol. The molecule has 0 saturated heterocycles.